The molecule has 0 aliphatic heterocycles. The van der Waals surface area contributed by atoms with Crippen molar-refractivity contribution in [3.8, 4) is 0 Å². The van der Waals surface area contributed by atoms with Crippen molar-refractivity contribution in [1.29, 1.82) is 0 Å². The maximum atomic E-state index is 12.1. The molecule has 0 fully saturated rings. The summed E-state index contributed by atoms with van der Waals surface area (Å²) >= 11 is 0. The molecule has 0 atom stereocenters. The summed E-state index contributed by atoms with van der Waals surface area (Å²) in [6.07, 6.45) is 3.00. The fourth-order valence-electron chi connectivity index (χ4n) is 1.68. The molecule has 0 amide bonds. The van der Waals surface area contributed by atoms with Crippen molar-refractivity contribution in [2.24, 2.45) is 7.05 Å². The quantitative estimate of drug-likeness (QED) is 0.832. The van der Waals surface area contributed by atoms with E-state index in [1.807, 2.05) is 0 Å². The maximum absolute atomic E-state index is 12.1. The first kappa shape index (κ1) is 13.5. The summed E-state index contributed by atoms with van der Waals surface area (Å²) in [6, 6.07) is 3.27. The van der Waals surface area contributed by atoms with E-state index in [4.69, 9.17) is 5.73 Å². The number of nitrogens with two attached hydrogens (primary N) is 1. The van der Waals surface area contributed by atoms with Crippen LogP contribution >= 0.6 is 0 Å². The highest BCUT2D eigenvalue weighted by atomic mass is 32.2. The number of pyridine rings is 1. The van der Waals surface area contributed by atoms with Crippen LogP contribution in [0.25, 0.3) is 0 Å². The highest BCUT2D eigenvalue weighted by Gasteiger charge is 2.19. The van der Waals surface area contributed by atoms with Gasteiger partial charge in [-0.15, -0.1) is 0 Å². The normalized spacial score (nSPS) is 11.7. The van der Waals surface area contributed by atoms with Crippen LogP contribution in [-0.2, 0) is 23.6 Å². The smallest absolute Gasteiger partial charge is 0.244 e. The summed E-state index contributed by atoms with van der Waals surface area (Å²) in [5.41, 5.74) is 7.16. The summed E-state index contributed by atoms with van der Waals surface area (Å²) in [7, 11) is -1.92. The zero-order chi connectivity index (χ0) is 14.0. The summed E-state index contributed by atoms with van der Waals surface area (Å²) < 4.78 is 28.1. The van der Waals surface area contributed by atoms with Crippen molar-refractivity contribution < 1.29 is 8.42 Å². The summed E-state index contributed by atoms with van der Waals surface area (Å²) in [4.78, 5) is 4.20. The summed E-state index contributed by atoms with van der Waals surface area (Å²) in [6.45, 7) is 1.73. The molecular weight excluding hydrogens is 266 g/mol. The van der Waals surface area contributed by atoms with Crippen LogP contribution in [0.15, 0.2) is 29.4 Å². The highest BCUT2D eigenvalue weighted by Crippen LogP contribution is 2.13. The SMILES string of the molecule is Cc1nn(C)cc1S(=O)(=O)NCc1cc(N)ccn1. The van der Waals surface area contributed by atoms with Gasteiger partial charge in [-0.25, -0.2) is 13.1 Å². The van der Waals surface area contributed by atoms with Gasteiger partial charge in [-0.2, -0.15) is 5.10 Å². The number of aryl methyl sites for hydroxylation is 2. The molecule has 8 heteroatoms. The average molecular weight is 281 g/mol. The van der Waals surface area contributed by atoms with Gasteiger partial charge >= 0.3 is 0 Å². The fourth-order valence-corrected chi connectivity index (χ4v) is 2.90. The zero-order valence-corrected chi connectivity index (χ0v) is 11.5. The number of hydrogen-bond donors (Lipinski definition) is 2. The van der Waals surface area contributed by atoms with E-state index in [1.165, 1.54) is 17.1 Å². The van der Waals surface area contributed by atoms with Crippen molar-refractivity contribution in [3.05, 3.63) is 35.9 Å². The summed E-state index contributed by atoms with van der Waals surface area (Å²) in [5, 5.41) is 4.01. The van der Waals surface area contributed by atoms with Crippen LogP contribution in [0, 0.1) is 6.92 Å². The first-order valence-electron chi connectivity index (χ1n) is 5.59. The Hall–Kier alpha value is -1.93. The number of nitrogen functional groups attached to an aromatic ring is 1. The van der Waals surface area contributed by atoms with E-state index in [2.05, 4.69) is 14.8 Å². The van der Waals surface area contributed by atoms with Crippen LogP contribution in [0.2, 0.25) is 0 Å². The van der Waals surface area contributed by atoms with E-state index in [-0.39, 0.29) is 11.4 Å². The lowest BCUT2D eigenvalue weighted by molar-refractivity contribution is 0.579. The monoisotopic (exact) mass is 281 g/mol. The van der Waals surface area contributed by atoms with Gasteiger partial charge in [-0.1, -0.05) is 0 Å². The molecule has 0 radical (unpaired) electrons. The fraction of sp³-hybridized carbons (Fsp3) is 0.273. The molecule has 0 aliphatic carbocycles. The largest absolute Gasteiger partial charge is 0.399 e. The van der Waals surface area contributed by atoms with Gasteiger partial charge < -0.3 is 5.73 Å². The predicted molar refractivity (Wildman–Crippen MR) is 70.6 cm³/mol. The van der Waals surface area contributed by atoms with Crippen LogP contribution in [0.5, 0.6) is 0 Å². The molecule has 0 saturated carbocycles. The van der Waals surface area contributed by atoms with Gasteiger partial charge in [-0.3, -0.25) is 9.67 Å². The van der Waals surface area contributed by atoms with Crippen molar-refractivity contribution >= 4 is 15.7 Å². The number of hydrogen-bond acceptors (Lipinski definition) is 5. The zero-order valence-electron chi connectivity index (χ0n) is 10.7. The average Bonchev–Trinajstić information content (AvgIpc) is 2.67. The highest BCUT2D eigenvalue weighted by molar-refractivity contribution is 7.89. The Morgan fingerprint density at radius 3 is 2.79 bits per heavy atom. The molecule has 2 aromatic rings. The van der Waals surface area contributed by atoms with Gasteiger partial charge in [0.1, 0.15) is 4.90 Å². The predicted octanol–water partition coefficient (Wildman–Crippen LogP) is 0.184. The third kappa shape index (κ3) is 3.09. The molecule has 0 aliphatic rings. The molecule has 0 spiro atoms. The van der Waals surface area contributed by atoms with Crippen LogP contribution in [-0.4, -0.2) is 23.2 Å². The van der Waals surface area contributed by atoms with E-state index in [9.17, 15) is 8.42 Å². The van der Waals surface area contributed by atoms with E-state index in [1.54, 1.807) is 26.1 Å². The second-order valence-electron chi connectivity index (χ2n) is 4.16. The minimum atomic E-state index is -3.60. The van der Waals surface area contributed by atoms with E-state index >= 15 is 0 Å². The van der Waals surface area contributed by atoms with E-state index in [0.717, 1.165) is 0 Å². The second-order valence-corrected chi connectivity index (χ2v) is 5.89. The Labute approximate surface area is 111 Å². The first-order chi connectivity index (χ1) is 8.88. The van der Waals surface area contributed by atoms with Gasteiger partial charge in [0.05, 0.1) is 17.9 Å². The topological polar surface area (TPSA) is 103 Å². The number of sulfonamides is 1. The Morgan fingerprint density at radius 1 is 1.47 bits per heavy atom. The van der Waals surface area contributed by atoms with E-state index < -0.39 is 10.0 Å². The molecule has 7 nitrogen and oxygen atoms in total. The molecule has 0 unspecified atom stereocenters. The molecule has 0 aromatic carbocycles. The standard InChI is InChI=1S/C11H15N5O2S/c1-8-11(7-16(2)15-8)19(17,18)14-6-10-5-9(12)3-4-13-10/h3-5,7,14H,6H2,1-2H3,(H2,12,13). The molecule has 102 valence electrons. The van der Waals surface area contributed by atoms with Crippen molar-refractivity contribution in [1.82, 2.24) is 19.5 Å². The van der Waals surface area contributed by atoms with E-state index in [0.29, 0.717) is 17.1 Å². The molecule has 0 bridgehead atoms. The molecular formula is C11H15N5O2S. The lowest BCUT2D eigenvalue weighted by Crippen LogP contribution is -2.24. The van der Waals surface area contributed by atoms with Crippen molar-refractivity contribution in [2.75, 3.05) is 5.73 Å². The van der Waals surface area contributed by atoms with Crippen molar-refractivity contribution in [2.45, 2.75) is 18.4 Å². The number of anilines is 1. The number of nitrogens with one attached hydrogen (secondary N) is 1. The van der Waals surface area contributed by atoms with Gasteiger partial charge in [0.15, 0.2) is 0 Å². The van der Waals surface area contributed by atoms with Gasteiger partial charge in [0, 0.05) is 25.1 Å². The number of aromatic nitrogens is 3. The van der Waals surface area contributed by atoms with Crippen LogP contribution in [0.4, 0.5) is 5.69 Å². The maximum Gasteiger partial charge on any atom is 0.244 e. The Kier molecular flexibility index (Phi) is 3.54. The first-order valence-corrected chi connectivity index (χ1v) is 7.07. The Morgan fingerprint density at radius 2 is 2.21 bits per heavy atom. The minimum Gasteiger partial charge on any atom is -0.399 e. The van der Waals surface area contributed by atoms with Gasteiger partial charge in [-0.05, 0) is 19.1 Å². The third-order valence-electron chi connectivity index (χ3n) is 2.54. The van der Waals surface area contributed by atoms with Crippen LogP contribution in [0.3, 0.4) is 0 Å². The summed E-state index contributed by atoms with van der Waals surface area (Å²) in [5.74, 6) is 0. The Balaban J connectivity index is 2.16. The minimum absolute atomic E-state index is 0.0850. The lowest BCUT2D eigenvalue weighted by atomic mass is 10.3. The number of nitrogens with zero attached hydrogens (tertiary/aromatic N) is 3. The van der Waals surface area contributed by atoms with Gasteiger partial charge in [0.2, 0.25) is 10.0 Å². The van der Waals surface area contributed by atoms with Crippen LogP contribution < -0.4 is 10.5 Å². The molecule has 19 heavy (non-hydrogen) atoms. The molecule has 3 N–H and O–H groups in total. The molecule has 2 heterocycles. The van der Waals surface area contributed by atoms with Crippen molar-refractivity contribution in [3.63, 3.8) is 0 Å². The molecule has 2 rings (SSSR count). The Bertz CT molecular complexity index is 693. The molecule has 0 saturated heterocycles. The van der Waals surface area contributed by atoms with Gasteiger partial charge in [0.25, 0.3) is 0 Å². The lowest BCUT2D eigenvalue weighted by Gasteiger charge is -2.05. The molecule has 2 aromatic heterocycles. The third-order valence-corrected chi connectivity index (χ3v) is 4.05. The number of rotatable bonds is 4. The van der Waals surface area contributed by atoms with Crippen LogP contribution in [0.1, 0.15) is 11.4 Å². The second kappa shape index (κ2) is 4.98.